The average molecular weight is 289 g/mol. The van der Waals surface area contributed by atoms with Gasteiger partial charge in [0.1, 0.15) is 0 Å². The molecule has 6 heteroatoms. The van der Waals surface area contributed by atoms with Crippen molar-refractivity contribution in [3.8, 4) is 11.5 Å². The number of imidazole rings is 1. The normalized spacial score (nSPS) is 10.1. The number of nitrogens with one attached hydrogen (secondary N) is 2. The molecule has 0 aliphatic carbocycles. The summed E-state index contributed by atoms with van der Waals surface area (Å²) in [6.07, 6.45) is 4.06. The largest absolute Gasteiger partial charge is 0.490 e. The van der Waals surface area contributed by atoms with E-state index in [9.17, 15) is 4.79 Å². The van der Waals surface area contributed by atoms with Gasteiger partial charge >= 0.3 is 0 Å². The smallest absolute Gasteiger partial charge is 0.257 e. The van der Waals surface area contributed by atoms with Crippen molar-refractivity contribution in [2.75, 3.05) is 19.8 Å². The van der Waals surface area contributed by atoms with Gasteiger partial charge in [0.25, 0.3) is 5.91 Å². The van der Waals surface area contributed by atoms with Gasteiger partial charge in [-0.15, -0.1) is 0 Å². The van der Waals surface area contributed by atoms with Crippen LogP contribution in [0.15, 0.2) is 36.8 Å². The number of benzene rings is 1. The first-order chi connectivity index (χ1) is 10.3. The van der Waals surface area contributed by atoms with Crippen LogP contribution in [-0.2, 0) is 11.2 Å². The van der Waals surface area contributed by atoms with Crippen LogP contribution >= 0.6 is 0 Å². The highest BCUT2D eigenvalue weighted by Gasteiger charge is 2.07. The van der Waals surface area contributed by atoms with E-state index in [-0.39, 0.29) is 12.5 Å². The molecule has 2 rings (SSSR count). The van der Waals surface area contributed by atoms with Crippen molar-refractivity contribution >= 4 is 5.91 Å². The maximum absolute atomic E-state index is 11.7. The fraction of sp³-hybridized carbons (Fsp3) is 0.333. The number of para-hydroxylation sites is 2. The van der Waals surface area contributed by atoms with Crippen LogP contribution < -0.4 is 14.8 Å². The standard InChI is InChI=1S/C15H19N3O3/c1-2-20-13-5-3-4-6-14(13)21-10-15(19)17-8-7-12-9-16-11-18-12/h3-6,9,11H,2,7-8,10H2,1H3,(H,16,18)(H,17,19). The summed E-state index contributed by atoms with van der Waals surface area (Å²) in [5.74, 6) is 1.05. The fourth-order valence-corrected chi connectivity index (χ4v) is 1.80. The minimum absolute atomic E-state index is 0.0347. The summed E-state index contributed by atoms with van der Waals surface area (Å²) in [6, 6.07) is 7.30. The van der Waals surface area contributed by atoms with E-state index in [4.69, 9.17) is 9.47 Å². The van der Waals surface area contributed by atoms with E-state index in [1.165, 1.54) is 0 Å². The second-order valence-corrected chi connectivity index (χ2v) is 4.35. The third kappa shape index (κ3) is 4.83. The zero-order valence-corrected chi connectivity index (χ0v) is 12.0. The molecule has 0 aliphatic heterocycles. The number of hydrogen-bond donors (Lipinski definition) is 2. The van der Waals surface area contributed by atoms with Gasteiger partial charge in [0, 0.05) is 24.9 Å². The van der Waals surface area contributed by atoms with Gasteiger partial charge in [0.05, 0.1) is 12.9 Å². The second-order valence-electron chi connectivity index (χ2n) is 4.35. The maximum atomic E-state index is 11.7. The van der Waals surface area contributed by atoms with Crippen molar-refractivity contribution < 1.29 is 14.3 Å². The van der Waals surface area contributed by atoms with Gasteiger partial charge < -0.3 is 19.8 Å². The van der Waals surface area contributed by atoms with Crippen molar-refractivity contribution in [2.24, 2.45) is 0 Å². The maximum Gasteiger partial charge on any atom is 0.257 e. The Bertz CT molecular complexity index is 555. The van der Waals surface area contributed by atoms with Crippen LogP contribution in [0.1, 0.15) is 12.6 Å². The number of aromatic nitrogens is 2. The summed E-state index contributed by atoms with van der Waals surface area (Å²) in [4.78, 5) is 18.6. The lowest BCUT2D eigenvalue weighted by molar-refractivity contribution is -0.123. The van der Waals surface area contributed by atoms with Crippen LogP contribution in [0.4, 0.5) is 0 Å². The molecule has 0 atom stereocenters. The van der Waals surface area contributed by atoms with Crippen LogP contribution in [0, 0.1) is 0 Å². The number of aromatic amines is 1. The number of rotatable bonds is 8. The van der Waals surface area contributed by atoms with E-state index in [0.29, 0.717) is 31.1 Å². The molecule has 0 unspecified atom stereocenters. The number of nitrogens with zero attached hydrogens (tertiary/aromatic N) is 1. The van der Waals surface area contributed by atoms with Crippen molar-refractivity contribution in [3.05, 3.63) is 42.5 Å². The van der Waals surface area contributed by atoms with E-state index < -0.39 is 0 Å². The number of carbonyl (C=O) groups excluding carboxylic acids is 1. The van der Waals surface area contributed by atoms with E-state index in [2.05, 4.69) is 15.3 Å². The van der Waals surface area contributed by atoms with E-state index in [0.717, 1.165) is 5.69 Å². The summed E-state index contributed by atoms with van der Waals surface area (Å²) in [6.45, 7) is 2.96. The van der Waals surface area contributed by atoms with Gasteiger partial charge in [-0.2, -0.15) is 0 Å². The number of hydrogen-bond acceptors (Lipinski definition) is 4. The lowest BCUT2D eigenvalue weighted by Gasteiger charge is -2.11. The zero-order valence-electron chi connectivity index (χ0n) is 12.0. The molecule has 1 heterocycles. The van der Waals surface area contributed by atoms with Gasteiger partial charge in [-0.25, -0.2) is 4.98 Å². The molecule has 2 N–H and O–H groups in total. The molecule has 0 saturated carbocycles. The van der Waals surface area contributed by atoms with Crippen LogP contribution in [0.2, 0.25) is 0 Å². The van der Waals surface area contributed by atoms with Crippen molar-refractivity contribution in [2.45, 2.75) is 13.3 Å². The molecule has 112 valence electrons. The highest BCUT2D eigenvalue weighted by atomic mass is 16.5. The van der Waals surface area contributed by atoms with E-state index in [1.807, 2.05) is 25.1 Å². The van der Waals surface area contributed by atoms with Gasteiger partial charge in [0.15, 0.2) is 18.1 Å². The first-order valence-electron chi connectivity index (χ1n) is 6.88. The molecule has 2 aromatic rings. The molecule has 6 nitrogen and oxygen atoms in total. The molecule has 0 bridgehead atoms. The number of ether oxygens (including phenoxy) is 2. The van der Waals surface area contributed by atoms with Crippen LogP contribution in [0.25, 0.3) is 0 Å². The number of H-pyrrole nitrogens is 1. The predicted molar refractivity (Wildman–Crippen MR) is 78.4 cm³/mol. The molecule has 0 saturated heterocycles. The Balaban J connectivity index is 1.73. The Labute approximate surface area is 123 Å². The molecule has 1 aromatic carbocycles. The van der Waals surface area contributed by atoms with Crippen molar-refractivity contribution in [1.82, 2.24) is 15.3 Å². The molecule has 0 fully saturated rings. The van der Waals surface area contributed by atoms with Crippen LogP contribution in [0.3, 0.4) is 0 Å². The molecule has 1 aromatic heterocycles. The van der Waals surface area contributed by atoms with E-state index >= 15 is 0 Å². The van der Waals surface area contributed by atoms with Gasteiger partial charge in [0.2, 0.25) is 0 Å². The fourth-order valence-electron chi connectivity index (χ4n) is 1.80. The Morgan fingerprint density at radius 3 is 2.71 bits per heavy atom. The highest BCUT2D eigenvalue weighted by Crippen LogP contribution is 2.26. The quantitative estimate of drug-likeness (QED) is 0.773. The number of carbonyl (C=O) groups is 1. The minimum Gasteiger partial charge on any atom is -0.490 e. The Morgan fingerprint density at radius 2 is 2.05 bits per heavy atom. The van der Waals surface area contributed by atoms with Gasteiger partial charge in [-0.1, -0.05) is 12.1 Å². The average Bonchev–Trinajstić information content (AvgIpc) is 3.00. The molecular formula is C15H19N3O3. The Kier molecular flexibility index (Phi) is 5.63. The Morgan fingerprint density at radius 1 is 1.29 bits per heavy atom. The third-order valence-electron chi connectivity index (χ3n) is 2.78. The summed E-state index contributed by atoms with van der Waals surface area (Å²) in [7, 11) is 0. The monoisotopic (exact) mass is 289 g/mol. The highest BCUT2D eigenvalue weighted by molar-refractivity contribution is 5.77. The lowest BCUT2D eigenvalue weighted by Crippen LogP contribution is -2.30. The molecule has 0 radical (unpaired) electrons. The zero-order chi connectivity index (χ0) is 14.9. The first-order valence-corrected chi connectivity index (χ1v) is 6.88. The Hall–Kier alpha value is -2.50. The van der Waals surface area contributed by atoms with Gasteiger partial charge in [-0.3, -0.25) is 4.79 Å². The minimum atomic E-state index is -0.166. The van der Waals surface area contributed by atoms with Crippen molar-refractivity contribution in [3.63, 3.8) is 0 Å². The molecular weight excluding hydrogens is 270 g/mol. The third-order valence-corrected chi connectivity index (χ3v) is 2.78. The summed E-state index contributed by atoms with van der Waals surface area (Å²) < 4.78 is 10.9. The van der Waals surface area contributed by atoms with E-state index in [1.54, 1.807) is 18.6 Å². The van der Waals surface area contributed by atoms with Crippen LogP contribution in [-0.4, -0.2) is 35.6 Å². The topological polar surface area (TPSA) is 76.2 Å². The molecule has 0 aliphatic rings. The summed E-state index contributed by atoms with van der Waals surface area (Å²) >= 11 is 0. The number of amides is 1. The molecule has 0 spiro atoms. The summed E-state index contributed by atoms with van der Waals surface area (Å²) in [5.41, 5.74) is 0.984. The first kappa shape index (κ1) is 14.9. The van der Waals surface area contributed by atoms with Crippen LogP contribution in [0.5, 0.6) is 11.5 Å². The van der Waals surface area contributed by atoms with Crippen molar-refractivity contribution in [1.29, 1.82) is 0 Å². The lowest BCUT2D eigenvalue weighted by atomic mass is 10.3. The predicted octanol–water partition coefficient (Wildman–Crippen LogP) is 1.55. The molecule has 1 amide bonds. The second kappa shape index (κ2) is 7.94. The summed E-state index contributed by atoms with van der Waals surface area (Å²) in [5, 5.41) is 2.79. The molecule has 21 heavy (non-hydrogen) atoms. The SMILES string of the molecule is CCOc1ccccc1OCC(=O)NCCc1cnc[nH]1. The van der Waals surface area contributed by atoms with Gasteiger partial charge in [-0.05, 0) is 19.1 Å².